The first kappa shape index (κ1) is 8.41. The summed E-state index contributed by atoms with van der Waals surface area (Å²) in [5, 5.41) is 0. The predicted molar refractivity (Wildman–Crippen MR) is 53.3 cm³/mol. The van der Waals surface area contributed by atoms with Crippen molar-refractivity contribution in [3.05, 3.63) is 11.6 Å². The monoisotopic (exact) mass is 160 g/mol. The molecule has 12 heavy (non-hydrogen) atoms. The maximum Gasteiger partial charge on any atom is 0.0711 e. The molecule has 0 saturated carbocycles. The van der Waals surface area contributed by atoms with Crippen LogP contribution in [0.15, 0.2) is 11.6 Å². The van der Waals surface area contributed by atoms with E-state index in [1.54, 1.807) is 5.57 Å². The van der Waals surface area contributed by atoms with Crippen LogP contribution in [0, 0.1) is 11.8 Å². The molecular weight excluding hydrogens is 143 g/mol. The molecule has 64 valence electrons. The second kappa shape index (κ2) is 3.28. The molecule has 0 aromatic carbocycles. The molecule has 0 N–H and O–H groups in total. The molecule has 3 atom stereocenters. The van der Waals surface area contributed by atoms with Gasteiger partial charge in [0.2, 0.25) is 0 Å². The van der Waals surface area contributed by atoms with E-state index in [-0.39, 0.29) is 0 Å². The van der Waals surface area contributed by atoms with Crippen molar-refractivity contribution in [2.24, 2.45) is 11.8 Å². The number of hydrogen-bond acceptors (Lipinski definition) is 0. The van der Waals surface area contributed by atoms with Crippen molar-refractivity contribution < 1.29 is 0 Å². The topological polar surface area (TPSA) is 0 Å². The maximum atomic E-state index is 6.18. The molecular formula is C11H17B. The summed E-state index contributed by atoms with van der Waals surface area (Å²) in [6.45, 7) is 2.31. The molecule has 0 spiro atoms. The van der Waals surface area contributed by atoms with E-state index in [2.05, 4.69) is 13.0 Å². The fraction of sp³-hybridized carbons (Fsp3) is 0.818. The van der Waals surface area contributed by atoms with E-state index in [4.69, 9.17) is 7.85 Å². The van der Waals surface area contributed by atoms with Crippen LogP contribution in [0.3, 0.4) is 0 Å². The summed E-state index contributed by atoms with van der Waals surface area (Å²) >= 11 is 0. The predicted octanol–water partition coefficient (Wildman–Crippen LogP) is 3.10. The average molecular weight is 160 g/mol. The summed E-state index contributed by atoms with van der Waals surface area (Å²) in [5.41, 5.74) is 1.68. The average Bonchev–Trinajstić information content (AvgIpc) is 2.50. The smallest absolute Gasteiger partial charge is 0.0711 e. The third-order valence-electron chi connectivity index (χ3n) is 3.56. The molecule has 2 aliphatic rings. The van der Waals surface area contributed by atoms with Crippen LogP contribution in [0.2, 0.25) is 5.82 Å². The third-order valence-corrected chi connectivity index (χ3v) is 3.56. The van der Waals surface area contributed by atoms with E-state index in [9.17, 15) is 0 Å². The van der Waals surface area contributed by atoms with E-state index < -0.39 is 0 Å². The summed E-state index contributed by atoms with van der Waals surface area (Å²) in [6, 6.07) is 0. The number of hydrogen-bond donors (Lipinski definition) is 0. The second-order valence-corrected chi connectivity index (χ2v) is 4.47. The van der Waals surface area contributed by atoms with Crippen LogP contribution in [0.4, 0.5) is 0 Å². The lowest BCUT2D eigenvalue weighted by atomic mass is 9.67. The molecule has 2 bridgehead atoms. The summed E-state index contributed by atoms with van der Waals surface area (Å²) in [7, 11) is 6.18. The van der Waals surface area contributed by atoms with Gasteiger partial charge in [-0.2, -0.15) is 0 Å². The third kappa shape index (κ3) is 1.46. The summed E-state index contributed by atoms with van der Waals surface area (Å²) < 4.78 is 0. The van der Waals surface area contributed by atoms with Crippen LogP contribution < -0.4 is 0 Å². The van der Waals surface area contributed by atoms with Gasteiger partial charge < -0.3 is 0 Å². The largest absolute Gasteiger partial charge is 0.0827 e. The highest BCUT2D eigenvalue weighted by Gasteiger charge is 2.26. The molecule has 0 saturated heterocycles. The normalized spacial score (nSPS) is 41.8. The van der Waals surface area contributed by atoms with Gasteiger partial charge in [-0.05, 0) is 37.5 Å². The maximum absolute atomic E-state index is 6.18. The fourth-order valence-corrected chi connectivity index (χ4v) is 2.60. The zero-order valence-electron chi connectivity index (χ0n) is 7.92. The van der Waals surface area contributed by atoms with Gasteiger partial charge in [0.25, 0.3) is 0 Å². The quantitative estimate of drug-likeness (QED) is 0.377. The first-order valence-electron chi connectivity index (χ1n) is 5.22. The number of allylic oxidation sites excluding steroid dienone is 2. The van der Waals surface area contributed by atoms with E-state index in [1.807, 2.05) is 0 Å². The van der Waals surface area contributed by atoms with Crippen LogP contribution >= 0.6 is 0 Å². The molecule has 2 aliphatic carbocycles. The van der Waals surface area contributed by atoms with Crippen molar-refractivity contribution in [2.75, 3.05) is 0 Å². The SMILES string of the molecule is [B]C1C2C=C(CCC[C@H]1C)CC2. The Kier molecular flexibility index (Phi) is 2.30. The minimum absolute atomic E-state index is 0.433. The molecule has 0 nitrogen and oxygen atoms in total. The van der Waals surface area contributed by atoms with Crippen LogP contribution in [0.1, 0.15) is 39.0 Å². The molecule has 0 heterocycles. The van der Waals surface area contributed by atoms with Crippen LogP contribution in [0.5, 0.6) is 0 Å². The van der Waals surface area contributed by atoms with Gasteiger partial charge in [-0.25, -0.2) is 0 Å². The minimum atomic E-state index is 0.433. The number of fused-ring (bicyclic) bond motifs is 1. The van der Waals surface area contributed by atoms with Gasteiger partial charge in [-0.1, -0.05) is 30.8 Å². The van der Waals surface area contributed by atoms with Gasteiger partial charge in [0, 0.05) is 0 Å². The Bertz CT molecular complexity index is 195. The summed E-state index contributed by atoms with van der Waals surface area (Å²) in [4.78, 5) is 0. The lowest BCUT2D eigenvalue weighted by Crippen LogP contribution is -2.14. The van der Waals surface area contributed by atoms with E-state index >= 15 is 0 Å². The van der Waals surface area contributed by atoms with Crippen LogP contribution in [0.25, 0.3) is 0 Å². The van der Waals surface area contributed by atoms with Crippen molar-refractivity contribution in [3.63, 3.8) is 0 Å². The molecule has 0 amide bonds. The Labute approximate surface area is 76.8 Å². The Balaban J connectivity index is 2.13. The van der Waals surface area contributed by atoms with Crippen molar-refractivity contribution in [1.82, 2.24) is 0 Å². The van der Waals surface area contributed by atoms with Gasteiger partial charge >= 0.3 is 0 Å². The number of rotatable bonds is 0. The molecule has 0 aromatic rings. The Hall–Kier alpha value is -0.195. The van der Waals surface area contributed by atoms with Gasteiger partial charge in [0.15, 0.2) is 0 Å². The molecule has 0 fully saturated rings. The lowest BCUT2D eigenvalue weighted by Gasteiger charge is -2.26. The Morgan fingerprint density at radius 2 is 2.17 bits per heavy atom. The highest BCUT2D eigenvalue weighted by Crippen LogP contribution is 2.41. The molecule has 0 aliphatic heterocycles. The van der Waals surface area contributed by atoms with Gasteiger partial charge in [-0.15, -0.1) is 0 Å². The highest BCUT2D eigenvalue weighted by atomic mass is 14.3. The van der Waals surface area contributed by atoms with Gasteiger partial charge in [0.1, 0.15) is 0 Å². The zero-order chi connectivity index (χ0) is 8.55. The molecule has 2 unspecified atom stereocenters. The lowest BCUT2D eigenvalue weighted by molar-refractivity contribution is 0.411. The standard InChI is InChI=1S/C11H17B/c1-8-3-2-4-9-5-6-10(7-9)11(8)12/h7-8,10-11H,2-6H2,1H3/t8-,10?,11?/m1/s1. The Morgan fingerprint density at radius 1 is 1.33 bits per heavy atom. The fourth-order valence-electron chi connectivity index (χ4n) is 2.60. The first-order valence-corrected chi connectivity index (χ1v) is 5.22. The van der Waals surface area contributed by atoms with Gasteiger partial charge in [-0.3, -0.25) is 0 Å². The van der Waals surface area contributed by atoms with Crippen molar-refractivity contribution in [2.45, 2.75) is 44.8 Å². The molecule has 2 radical (unpaired) electrons. The van der Waals surface area contributed by atoms with Crippen molar-refractivity contribution in [3.8, 4) is 0 Å². The summed E-state index contributed by atoms with van der Waals surface area (Å²) in [5.74, 6) is 1.86. The van der Waals surface area contributed by atoms with Crippen molar-refractivity contribution in [1.29, 1.82) is 0 Å². The molecule has 2 rings (SSSR count). The van der Waals surface area contributed by atoms with E-state index in [0.717, 1.165) is 5.92 Å². The highest BCUT2D eigenvalue weighted by molar-refractivity contribution is 6.12. The zero-order valence-corrected chi connectivity index (χ0v) is 7.92. The van der Waals surface area contributed by atoms with Crippen molar-refractivity contribution >= 4 is 7.85 Å². The summed E-state index contributed by atoms with van der Waals surface area (Å²) in [6.07, 6.45) is 9.13. The van der Waals surface area contributed by atoms with E-state index in [1.165, 1.54) is 32.1 Å². The minimum Gasteiger partial charge on any atom is -0.0827 e. The first-order chi connectivity index (χ1) is 5.77. The second-order valence-electron chi connectivity index (χ2n) is 4.47. The molecule has 1 heteroatoms. The Morgan fingerprint density at radius 3 is 3.00 bits per heavy atom. The van der Waals surface area contributed by atoms with E-state index in [0.29, 0.717) is 11.7 Å². The van der Waals surface area contributed by atoms with Gasteiger partial charge in [0.05, 0.1) is 7.85 Å². The van der Waals surface area contributed by atoms with Crippen LogP contribution in [-0.2, 0) is 0 Å². The molecule has 0 aromatic heterocycles. The van der Waals surface area contributed by atoms with Crippen LogP contribution in [-0.4, -0.2) is 7.85 Å².